The van der Waals surface area contributed by atoms with Crippen molar-refractivity contribution in [3.8, 4) is 0 Å². The Hall–Kier alpha value is -2.20. The first kappa shape index (κ1) is 17.2. The van der Waals surface area contributed by atoms with Crippen LogP contribution in [0.25, 0.3) is 0 Å². The summed E-state index contributed by atoms with van der Waals surface area (Å²) in [6.45, 7) is 1.97. The van der Waals surface area contributed by atoms with Crippen molar-refractivity contribution in [1.82, 2.24) is 30.4 Å². The van der Waals surface area contributed by atoms with Crippen LogP contribution in [0.2, 0.25) is 0 Å². The Labute approximate surface area is 130 Å². The van der Waals surface area contributed by atoms with Crippen molar-refractivity contribution in [3.05, 3.63) is 6.33 Å². The molecule has 1 fully saturated rings. The fraction of sp³-hybridized carbons (Fsp3) is 0.750. The first-order chi connectivity index (χ1) is 10.6. The van der Waals surface area contributed by atoms with Gasteiger partial charge in [0, 0.05) is 13.1 Å². The fourth-order valence-electron chi connectivity index (χ4n) is 2.40. The molecule has 11 heteroatoms. The Bertz CT molecular complexity index is 576. The zero-order valence-electron chi connectivity index (χ0n) is 12.7. The molecule has 1 aromatic heterocycles. The SMILES string of the molecule is C[C@@H](NC(=O)Cn1cnnn1)C(=O)N1CCC(C)(C(F)(F)F)C1. The van der Waals surface area contributed by atoms with Gasteiger partial charge in [0.25, 0.3) is 0 Å². The number of alkyl halides is 3. The minimum Gasteiger partial charge on any atom is -0.343 e. The summed E-state index contributed by atoms with van der Waals surface area (Å²) in [5, 5.41) is 12.7. The molecule has 2 amide bonds. The second-order valence-electron chi connectivity index (χ2n) is 5.86. The van der Waals surface area contributed by atoms with Crippen molar-refractivity contribution in [2.75, 3.05) is 13.1 Å². The minimum atomic E-state index is -4.37. The van der Waals surface area contributed by atoms with Gasteiger partial charge in [-0.2, -0.15) is 13.2 Å². The Balaban J connectivity index is 1.89. The summed E-state index contributed by atoms with van der Waals surface area (Å²) < 4.78 is 40.1. The summed E-state index contributed by atoms with van der Waals surface area (Å²) in [6.07, 6.45) is -3.27. The van der Waals surface area contributed by atoms with Crippen LogP contribution in [0.15, 0.2) is 6.33 Å². The number of likely N-dealkylation sites (tertiary alicyclic amines) is 1. The Morgan fingerprint density at radius 1 is 1.43 bits per heavy atom. The Kier molecular flexibility index (Phi) is 4.57. The summed E-state index contributed by atoms with van der Waals surface area (Å²) in [4.78, 5) is 25.1. The van der Waals surface area contributed by atoms with Crippen LogP contribution in [-0.2, 0) is 16.1 Å². The monoisotopic (exact) mass is 334 g/mol. The van der Waals surface area contributed by atoms with Gasteiger partial charge in [-0.3, -0.25) is 9.59 Å². The highest BCUT2D eigenvalue weighted by atomic mass is 19.4. The summed E-state index contributed by atoms with van der Waals surface area (Å²) in [6, 6.07) is -0.922. The first-order valence-corrected chi connectivity index (χ1v) is 6.98. The number of tetrazole rings is 1. The predicted molar refractivity (Wildman–Crippen MR) is 70.8 cm³/mol. The molecule has 0 aromatic carbocycles. The topological polar surface area (TPSA) is 93.0 Å². The highest BCUT2D eigenvalue weighted by Crippen LogP contribution is 2.44. The third-order valence-electron chi connectivity index (χ3n) is 3.91. The van der Waals surface area contributed by atoms with Crippen LogP contribution in [0.1, 0.15) is 20.3 Å². The number of nitrogens with zero attached hydrogens (tertiary/aromatic N) is 5. The van der Waals surface area contributed by atoms with E-state index in [2.05, 4.69) is 20.8 Å². The molecular weight excluding hydrogens is 317 g/mol. The number of nitrogens with one attached hydrogen (secondary N) is 1. The lowest BCUT2D eigenvalue weighted by atomic mass is 9.89. The molecule has 1 unspecified atom stereocenters. The lowest BCUT2D eigenvalue weighted by Crippen LogP contribution is -2.48. The Morgan fingerprint density at radius 2 is 2.13 bits per heavy atom. The van der Waals surface area contributed by atoms with Crippen LogP contribution < -0.4 is 5.32 Å². The fourth-order valence-corrected chi connectivity index (χ4v) is 2.40. The van der Waals surface area contributed by atoms with E-state index in [1.807, 2.05) is 0 Å². The van der Waals surface area contributed by atoms with Gasteiger partial charge in [-0.05, 0) is 30.7 Å². The van der Waals surface area contributed by atoms with Crippen molar-refractivity contribution in [3.63, 3.8) is 0 Å². The van der Waals surface area contributed by atoms with Gasteiger partial charge in [0.15, 0.2) is 0 Å². The van der Waals surface area contributed by atoms with Crippen molar-refractivity contribution in [1.29, 1.82) is 0 Å². The predicted octanol–water partition coefficient (Wildman–Crippen LogP) is -0.0213. The Morgan fingerprint density at radius 3 is 2.65 bits per heavy atom. The smallest absolute Gasteiger partial charge is 0.343 e. The average molecular weight is 334 g/mol. The normalized spacial score (nSPS) is 22.9. The molecule has 0 spiro atoms. The van der Waals surface area contributed by atoms with Crippen molar-refractivity contribution < 1.29 is 22.8 Å². The second-order valence-corrected chi connectivity index (χ2v) is 5.86. The van der Waals surface area contributed by atoms with Crippen molar-refractivity contribution >= 4 is 11.8 Å². The highest BCUT2D eigenvalue weighted by Gasteiger charge is 2.55. The molecule has 0 bridgehead atoms. The maximum Gasteiger partial charge on any atom is 0.395 e. The third-order valence-corrected chi connectivity index (χ3v) is 3.91. The molecule has 1 aliphatic rings. The number of hydrogen-bond acceptors (Lipinski definition) is 5. The largest absolute Gasteiger partial charge is 0.395 e. The summed E-state index contributed by atoms with van der Waals surface area (Å²) in [5.74, 6) is -1.04. The van der Waals surface area contributed by atoms with Gasteiger partial charge in [-0.1, -0.05) is 0 Å². The van der Waals surface area contributed by atoms with Gasteiger partial charge in [-0.25, -0.2) is 4.68 Å². The van der Waals surface area contributed by atoms with Crippen LogP contribution in [0, 0.1) is 5.41 Å². The molecule has 128 valence electrons. The van der Waals surface area contributed by atoms with Gasteiger partial charge in [0.2, 0.25) is 11.8 Å². The molecule has 2 rings (SSSR count). The van der Waals surface area contributed by atoms with Crippen LogP contribution in [0.3, 0.4) is 0 Å². The molecule has 2 atom stereocenters. The standard InChI is InChI=1S/C12H17F3N6O2/c1-8(17-9(22)5-21-7-16-18-19-21)10(23)20-4-3-11(2,6-20)12(13,14)15/h7-8H,3-6H2,1-2H3,(H,17,22)/t8-,11?/m1/s1. The van der Waals surface area contributed by atoms with E-state index in [0.717, 1.165) is 11.8 Å². The van der Waals surface area contributed by atoms with Crippen LogP contribution >= 0.6 is 0 Å². The zero-order valence-corrected chi connectivity index (χ0v) is 12.7. The van der Waals surface area contributed by atoms with Gasteiger partial charge in [-0.15, -0.1) is 5.10 Å². The highest BCUT2D eigenvalue weighted by molar-refractivity contribution is 5.87. The van der Waals surface area contributed by atoms with E-state index >= 15 is 0 Å². The molecule has 1 N–H and O–H groups in total. The summed E-state index contributed by atoms with van der Waals surface area (Å²) >= 11 is 0. The molecule has 1 aromatic rings. The number of carbonyl (C=O) groups excluding carboxylic acids is 2. The summed E-state index contributed by atoms with van der Waals surface area (Å²) in [5.41, 5.74) is -1.90. The van der Waals surface area contributed by atoms with E-state index in [1.165, 1.54) is 17.9 Å². The van der Waals surface area contributed by atoms with E-state index in [-0.39, 0.29) is 19.5 Å². The van der Waals surface area contributed by atoms with Gasteiger partial charge >= 0.3 is 6.18 Å². The number of amides is 2. The van der Waals surface area contributed by atoms with Gasteiger partial charge in [0.1, 0.15) is 18.9 Å². The molecule has 0 radical (unpaired) electrons. The van der Waals surface area contributed by atoms with E-state index < -0.39 is 36.0 Å². The van der Waals surface area contributed by atoms with E-state index in [0.29, 0.717) is 0 Å². The van der Waals surface area contributed by atoms with Crippen LogP contribution in [0.5, 0.6) is 0 Å². The maximum atomic E-state index is 13.0. The van der Waals surface area contributed by atoms with E-state index in [4.69, 9.17) is 0 Å². The number of carbonyl (C=O) groups is 2. The van der Waals surface area contributed by atoms with Crippen LogP contribution in [0.4, 0.5) is 13.2 Å². The maximum absolute atomic E-state index is 13.0. The number of hydrogen-bond donors (Lipinski definition) is 1. The zero-order chi connectivity index (χ0) is 17.3. The van der Waals surface area contributed by atoms with Gasteiger partial charge < -0.3 is 10.2 Å². The van der Waals surface area contributed by atoms with Crippen molar-refractivity contribution in [2.24, 2.45) is 5.41 Å². The molecule has 0 saturated carbocycles. The molecule has 1 saturated heterocycles. The van der Waals surface area contributed by atoms with Crippen LogP contribution in [-0.4, -0.2) is 62.2 Å². The summed E-state index contributed by atoms with van der Waals surface area (Å²) in [7, 11) is 0. The number of halogens is 3. The third kappa shape index (κ3) is 3.77. The van der Waals surface area contributed by atoms with Gasteiger partial charge in [0.05, 0.1) is 5.41 Å². The quantitative estimate of drug-likeness (QED) is 0.835. The molecule has 2 heterocycles. The van der Waals surface area contributed by atoms with E-state index in [1.54, 1.807) is 0 Å². The average Bonchev–Trinajstić information content (AvgIpc) is 3.07. The molecule has 1 aliphatic heterocycles. The minimum absolute atomic E-state index is 0.0159. The second kappa shape index (κ2) is 6.13. The van der Waals surface area contributed by atoms with E-state index in [9.17, 15) is 22.8 Å². The number of aromatic nitrogens is 4. The lowest BCUT2D eigenvalue weighted by Gasteiger charge is -2.28. The molecular formula is C12H17F3N6O2. The number of rotatable bonds is 4. The molecule has 8 nitrogen and oxygen atoms in total. The first-order valence-electron chi connectivity index (χ1n) is 6.98. The molecule has 0 aliphatic carbocycles. The molecule has 23 heavy (non-hydrogen) atoms. The van der Waals surface area contributed by atoms with Crippen molar-refractivity contribution in [2.45, 2.75) is 39.0 Å². The lowest BCUT2D eigenvalue weighted by molar-refractivity contribution is -0.212.